The molecule has 0 spiro atoms. The quantitative estimate of drug-likeness (QED) is 0.881. The molecule has 20 heavy (non-hydrogen) atoms. The first-order valence-corrected chi connectivity index (χ1v) is 7.02. The second-order valence-corrected chi connectivity index (χ2v) is 5.54. The number of ether oxygens (including phenoxy) is 1. The van der Waals surface area contributed by atoms with Crippen LogP contribution in [0.3, 0.4) is 0 Å². The number of halogens is 2. The number of nitrogens with zero attached hydrogens (tertiary/aromatic N) is 1. The molecule has 0 saturated carbocycles. The van der Waals surface area contributed by atoms with Crippen LogP contribution in [0.2, 0.25) is 10.0 Å². The van der Waals surface area contributed by atoms with Gasteiger partial charge in [-0.05, 0) is 25.1 Å². The molecule has 1 aromatic rings. The van der Waals surface area contributed by atoms with Crippen molar-refractivity contribution in [1.29, 1.82) is 0 Å². The van der Waals surface area contributed by atoms with Crippen LogP contribution in [0.25, 0.3) is 0 Å². The van der Waals surface area contributed by atoms with Gasteiger partial charge in [-0.15, -0.1) is 0 Å². The Morgan fingerprint density at radius 1 is 1.55 bits per heavy atom. The number of hydrogen-bond donors (Lipinski definition) is 2. The van der Waals surface area contributed by atoms with Gasteiger partial charge >= 0.3 is 6.03 Å². The van der Waals surface area contributed by atoms with Crippen molar-refractivity contribution in [3.8, 4) is 0 Å². The topological polar surface area (TPSA) is 61.8 Å². The largest absolute Gasteiger partial charge is 0.394 e. The molecule has 2 unspecified atom stereocenters. The molecular formula is C13H16Cl2N2O3. The SMILES string of the molecule is CC1COC(CO)CN1C(=O)Nc1cc(Cl)ccc1Cl. The van der Waals surface area contributed by atoms with Crippen molar-refractivity contribution < 1.29 is 14.6 Å². The van der Waals surface area contributed by atoms with Gasteiger partial charge < -0.3 is 20.1 Å². The maximum absolute atomic E-state index is 12.3. The lowest BCUT2D eigenvalue weighted by molar-refractivity contribution is -0.0611. The van der Waals surface area contributed by atoms with Crippen molar-refractivity contribution in [2.45, 2.75) is 19.1 Å². The summed E-state index contributed by atoms with van der Waals surface area (Å²) in [6.07, 6.45) is -0.355. The molecule has 0 aliphatic carbocycles. The molecule has 2 rings (SSSR count). The summed E-state index contributed by atoms with van der Waals surface area (Å²) >= 11 is 11.9. The van der Waals surface area contributed by atoms with Crippen LogP contribution in [0.4, 0.5) is 10.5 Å². The maximum Gasteiger partial charge on any atom is 0.322 e. The van der Waals surface area contributed by atoms with Crippen molar-refractivity contribution in [2.75, 3.05) is 25.1 Å². The van der Waals surface area contributed by atoms with E-state index in [1.807, 2.05) is 6.92 Å². The van der Waals surface area contributed by atoms with Crippen molar-refractivity contribution in [3.05, 3.63) is 28.2 Å². The van der Waals surface area contributed by atoms with E-state index in [0.29, 0.717) is 28.9 Å². The van der Waals surface area contributed by atoms with Crippen LogP contribution in [0, 0.1) is 0 Å². The minimum atomic E-state index is -0.355. The summed E-state index contributed by atoms with van der Waals surface area (Å²) in [5, 5.41) is 12.8. The third-order valence-corrected chi connectivity index (χ3v) is 3.70. The van der Waals surface area contributed by atoms with Gasteiger partial charge in [0.1, 0.15) is 0 Å². The predicted molar refractivity (Wildman–Crippen MR) is 78.5 cm³/mol. The fourth-order valence-electron chi connectivity index (χ4n) is 1.99. The van der Waals surface area contributed by atoms with Crippen molar-refractivity contribution >= 4 is 34.9 Å². The summed E-state index contributed by atoms with van der Waals surface area (Å²) in [6, 6.07) is 4.51. The lowest BCUT2D eigenvalue weighted by Crippen LogP contribution is -2.53. The molecule has 0 aromatic heterocycles. The predicted octanol–water partition coefficient (Wildman–Crippen LogP) is 2.61. The fourth-order valence-corrected chi connectivity index (χ4v) is 2.33. The molecule has 1 aromatic carbocycles. The zero-order valence-corrected chi connectivity index (χ0v) is 12.5. The minimum absolute atomic E-state index is 0.0734. The number of aliphatic hydroxyl groups is 1. The molecule has 2 N–H and O–H groups in total. The van der Waals surface area contributed by atoms with E-state index >= 15 is 0 Å². The summed E-state index contributed by atoms with van der Waals surface area (Å²) < 4.78 is 5.39. The highest BCUT2D eigenvalue weighted by atomic mass is 35.5. The third kappa shape index (κ3) is 3.55. The van der Waals surface area contributed by atoms with Crippen LogP contribution >= 0.6 is 23.2 Å². The number of carbonyl (C=O) groups is 1. The first-order chi connectivity index (χ1) is 9.51. The Hall–Kier alpha value is -1.01. The molecule has 1 heterocycles. The van der Waals surface area contributed by atoms with Gasteiger partial charge in [0.25, 0.3) is 0 Å². The van der Waals surface area contributed by atoms with Crippen LogP contribution in [-0.2, 0) is 4.74 Å². The van der Waals surface area contributed by atoms with Crippen LogP contribution in [-0.4, -0.2) is 47.9 Å². The summed E-state index contributed by atoms with van der Waals surface area (Å²) in [4.78, 5) is 13.9. The van der Waals surface area contributed by atoms with E-state index in [2.05, 4.69) is 5.32 Å². The van der Waals surface area contributed by atoms with Gasteiger partial charge in [-0.2, -0.15) is 0 Å². The molecule has 2 atom stereocenters. The number of benzene rings is 1. The molecule has 1 aliphatic heterocycles. The number of rotatable bonds is 2. The fraction of sp³-hybridized carbons (Fsp3) is 0.462. The van der Waals surface area contributed by atoms with Crippen LogP contribution in [0.15, 0.2) is 18.2 Å². The molecule has 0 radical (unpaired) electrons. The van der Waals surface area contributed by atoms with Gasteiger partial charge in [-0.3, -0.25) is 0 Å². The minimum Gasteiger partial charge on any atom is -0.394 e. The first-order valence-electron chi connectivity index (χ1n) is 6.26. The summed E-state index contributed by atoms with van der Waals surface area (Å²) in [5.74, 6) is 0. The summed E-state index contributed by atoms with van der Waals surface area (Å²) in [5.41, 5.74) is 0.461. The Balaban J connectivity index is 2.08. The van der Waals surface area contributed by atoms with E-state index in [4.69, 9.17) is 33.0 Å². The number of urea groups is 1. The number of carbonyl (C=O) groups excluding carboxylic acids is 1. The van der Waals surface area contributed by atoms with Crippen molar-refractivity contribution in [1.82, 2.24) is 4.90 Å². The van der Waals surface area contributed by atoms with Gasteiger partial charge in [-0.1, -0.05) is 23.2 Å². The summed E-state index contributed by atoms with van der Waals surface area (Å²) in [6.45, 7) is 2.49. The Bertz CT molecular complexity index is 499. The zero-order valence-electron chi connectivity index (χ0n) is 11.0. The highest BCUT2D eigenvalue weighted by molar-refractivity contribution is 6.35. The molecule has 0 bridgehead atoms. The second-order valence-electron chi connectivity index (χ2n) is 4.69. The van der Waals surface area contributed by atoms with Gasteiger partial charge in [0.2, 0.25) is 0 Å². The maximum atomic E-state index is 12.3. The molecule has 2 amide bonds. The number of amides is 2. The monoisotopic (exact) mass is 318 g/mol. The number of anilines is 1. The van der Waals surface area contributed by atoms with E-state index in [1.54, 1.807) is 23.1 Å². The molecule has 5 nitrogen and oxygen atoms in total. The molecule has 1 saturated heterocycles. The average molecular weight is 319 g/mol. The van der Waals surface area contributed by atoms with E-state index in [0.717, 1.165) is 0 Å². The zero-order chi connectivity index (χ0) is 14.7. The lowest BCUT2D eigenvalue weighted by Gasteiger charge is -2.37. The average Bonchev–Trinajstić information content (AvgIpc) is 2.43. The molecule has 1 aliphatic rings. The molecule has 7 heteroatoms. The van der Waals surface area contributed by atoms with Crippen LogP contribution in [0.1, 0.15) is 6.92 Å². The van der Waals surface area contributed by atoms with E-state index in [9.17, 15) is 4.79 Å². The van der Waals surface area contributed by atoms with E-state index < -0.39 is 0 Å². The van der Waals surface area contributed by atoms with Gasteiger partial charge in [0.15, 0.2) is 0 Å². The summed E-state index contributed by atoms with van der Waals surface area (Å²) in [7, 11) is 0. The standard InChI is InChI=1S/C13H16Cl2N2O3/c1-8-7-20-10(6-18)5-17(8)13(19)16-12-4-9(14)2-3-11(12)15/h2-4,8,10,18H,5-7H2,1H3,(H,16,19). The van der Waals surface area contributed by atoms with Crippen molar-refractivity contribution in [3.63, 3.8) is 0 Å². The smallest absolute Gasteiger partial charge is 0.322 e. The Morgan fingerprint density at radius 2 is 2.30 bits per heavy atom. The van der Waals surface area contributed by atoms with E-state index in [-0.39, 0.29) is 24.8 Å². The van der Waals surface area contributed by atoms with Gasteiger partial charge in [0.05, 0.1) is 42.6 Å². The molecule has 110 valence electrons. The Labute approximate surface area is 127 Å². The van der Waals surface area contributed by atoms with E-state index in [1.165, 1.54) is 0 Å². The normalized spacial score (nSPS) is 22.7. The van der Waals surface area contributed by atoms with Crippen LogP contribution in [0.5, 0.6) is 0 Å². The van der Waals surface area contributed by atoms with Gasteiger partial charge in [0, 0.05) is 5.02 Å². The molecule has 1 fully saturated rings. The second kappa shape index (κ2) is 6.63. The Kier molecular flexibility index (Phi) is 5.10. The van der Waals surface area contributed by atoms with Crippen LogP contribution < -0.4 is 5.32 Å². The number of aliphatic hydroxyl groups excluding tert-OH is 1. The highest BCUT2D eigenvalue weighted by Gasteiger charge is 2.29. The number of nitrogens with one attached hydrogen (secondary N) is 1. The number of morpholine rings is 1. The van der Waals surface area contributed by atoms with Gasteiger partial charge in [-0.25, -0.2) is 4.79 Å². The van der Waals surface area contributed by atoms with Crippen molar-refractivity contribution in [2.24, 2.45) is 0 Å². The lowest BCUT2D eigenvalue weighted by atomic mass is 10.2. The first kappa shape index (κ1) is 15.4. The highest BCUT2D eigenvalue weighted by Crippen LogP contribution is 2.26. The molecular weight excluding hydrogens is 303 g/mol. The number of hydrogen-bond acceptors (Lipinski definition) is 3. The Morgan fingerprint density at radius 3 is 3.00 bits per heavy atom. The third-order valence-electron chi connectivity index (χ3n) is 3.14.